The van der Waals surface area contributed by atoms with E-state index in [-0.39, 0.29) is 29.8 Å². The standard InChI is InChI=1S/C7H8F3NS/c8-7(9,10)4-1-2-5(11)6(12)3-4/h4,11H,1-3H2. The summed E-state index contributed by atoms with van der Waals surface area (Å²) < 4.78 is 36.3. The van der Waals surface area contributed by atoms with Crippen LogP contribution in [0.5, 0.6) is 0 Å². The van der Waals surface area contributed by atoms with Crippen molar-refractivity contribution in [1.29, 1.82) is 5.41 Å². The fourth-order valence-electron chi connectivity index (χ4n) is 1.19. The number of nitrogens with one attached hydrogen (secondary N) is 1. The Kier molecular flexibility index (Phi) is 2.51. The second-order valence-electron chi connectivity index (χ2n) is 2.88. The van der Waals surface area contributed by atoms with Gasteiger partial charge in [0.25, 0.3) is 0 Å². The van der Waals surface area contributed by atoms with Gasteiger partial charge in [0.15, 0.2) is 0 Å². The molecule has 0 spiro atoms. The van der Waals surface area contributed by atoms with Crippen molar-refractivity contribution in [3.05, 3.63) is 0 Å². The smallest absolute Gasteiger partial charge is 0.304 e. The van der Waals surface area contributed by atoms with Crippen LogP contribution < -0.4 is 0 Å². The first-order chi connectivity index (χ1) is 5.41. The van der Waals surface area contributed by atoms with Gasteiger partial charge in [-0.2, -0.15) is 13.2 Å². The molecule has 1 atom stereocenters. The molecular weight excluding hydrogens is 187 g/mol. The molecule has 68 valence electrons. The predicted octanol–water partition coefficient (Wildman–Crippen LogP) is 2.74. The van der Waals surface area contributed by atoms with Crippen LogP contribution in [0.2, 0.25) is 0 Å². The number of alkyl halides is 3. The van der Waals surface area contributed by atoms with Crippen molar-refractivity contribution in [2.75, 3.05) is 0 Å². The average molecular weight is 195 g/mol. The van der Waals surface area contributed by atoms with E-state index in [1.165, 1.54) is 0 Å². The summed E-state index contributed by atoms with van der Waals surface area (Å²) in [6.45, 7) is 0. The van der Waals surface area contributed by atoms with E-state index in [0.717, 1.165) is 0 Å². The number of hydrogen-bond donors (Lipinski definition) is 1. The second kappa shape index (κ2) is 3.12. The van der Waals surface area contributed by atoms with Gasteiger partial charge >= 0.3 is 6.18 Å². The van der Waals surface area contributed by atoms with E-state index in [0.29, 0.717) is 0 Å². The first kappa shape index (κ1) is 9.64. The molecule has 1 unspecified atom stereocenters. The Morgan fingerprint density at radius 1 is 1.42 bits per heavy atom. The molecule has 0 amide bonds. The van der Waals surface area contributed by atoms with Crippen LogP contribution in [0.3, 0.4) is 0 Å². The lowest BCUT2D eigenvalue weighted by Gasteiger charge is -2.25. The van der Waals surface area contributed by atoms with Gasteiger partial charge in [0.2, 0.25) is 0 Å². The fourth-order valence-corrected chi connectivity index (χ4v) is 1.49. The molecule has 0 radical (unpaired) electrons. The summed E-state index contributed by atoms with van der Waals surface area (Å²) in [6, 6.07) is 0. The molecular formula is C7H8F3NS. The molecule has 0 aromatic carbocycles. The number of thiocarbonyl (C=S) groups is 1. The molecule has 1 fully saturated rings. The Hall–Kier alpha value is -0.450. The minimum Gasteiger partial charge on any atom is -0.304 e. The van der Waals surface area contributed by atoms with Crippen molar-refractivity contribution in [2.24, 2.45) is 5.92 Å². The summed E-state index contributed by atoms with van der Waals surface area (Å²) in [5.41, 5.74) is 0.200. The van der Waals surface area contributed by atoms with Gasteiger partial charge in [-0.3, -0.25) is 0 Å². The first-order valence-corrected chi connectivity index (χ1v) is 3.99. The average Bonchev–Trinajstić information content (AvgIpc) is 1.92. The Bertz CT molecular complexity index is 221. The van der Waals surface area contributed by atoms with Crippen LogP contribution in [0.15, 0.2) is 0 Å². The Morgan fingerprint density at radius 3 is 2.42 bits per heavy atom. The molecule has 0 aromatic heterocycles. The SMILES string of the molecule is N=C1CCC(C(F)(F)F)CC1=S. The minimum absolute atomic E-state index is 0.0163. The molecule has 5 heteroatoms. The summed E-state index contributed by atoms with van der Waals surface area (Å²) >= 11 is 4.65. The third-order valence-corrected chi connectivity index (χ3v) is 2.39. The van der Waals surface area contributed by atoms with Gasteiger partial charge in [-0.05, 0) is 19.3 Å². The number of rotatable bonds is 0. The highest BCUT2D eigenvalue weighted by atomic mass is 32.1. The van der Waals surface area contributed by atoms with E-state index < -0.39 is 12.1 Å². The van der Waals surface area contributed by atoms with E-state index in [9.17, 15) is 13.2 Å². The number of halogens is 3. The third-order valence-electron chi connectivity index (χ3n) is 1.97. The van der Waals surface area contributed by atoms with E-state index in [2.05, 4.69) is 12.2 Å². The Morgan fingerprint density at radius 2 is 2.00 bits per heavy atom. The van der Waals surface area contributed by atoms with E-state index >= 15 is 0 Å². The maximum absolute atomic E-state index is 12.1. The van der Waals surface area contributed by atoms with Crippen molar-refractivity contribution in [1.82, 2.24) is 0 Å². The predicted molar refractivity (Wildman–Crippen MR) is 43.7 cm³/mol. The highest BCUT2D eigenvalue weighted by Crippen LogP contribution is 2.35. The molecule has 0 heterocycles. The maximum Gasteiger partial charge on any atom is 0.392 e. The summed E-state index contributed by atoms with van der Waals surface area (Å²) in [6.07, 6.45) is -4.13. The van der Waals surface area contributed by atoms with Crippen LogP contribution in [0.1, 0.15) is 19.3 Å². The van der Waals surface area contributed by atoms with E-state index in [4.69, 9.17) is 5.41 Å². The van der Waals surface area contributed by atoms with Crippen LogP contribution >= 0.6 is 12.2 Å². The molecule has 1 aliphatic rings. The molecule has 0 bridgehead atoms. The van der Waals surface area contributed by atoms with Crippen molar-refractivity contribution in [3.8, 4) is 0 Å². The largest absolute Gasteiger partial charge is 0.392 e. The Balaban J connectivity index is 2.63. The first-order valence-electron chi connectivity index (χ1n) is 3.58. The van der Waals surface area contributed by atoms with Crippen molar-refractivity contribution < 1.29 is 13.2 Å². The van der Waals surface area contributed by atoms with Gasteiger partial charge in [-0.15, -0.1) is 0 Å². The summed E-state index contributed by atoms with van der Waals surface area (Å²) in [4.78, 5) is 0.170. The second-order valence-corrected chi connectivity index (χ2v) is 3.38. The lowest BCUT2D eigenvalue weighted by atomic mass is 9.87. The highest BCUT2D eigenvalue weighted by molar-refractivity contribution is 7.82. The van der Waals surface area contributed by atoms with Crippen molar-refractivity contribution in [3.63, 3.8) is 0 Å². The normalized spacial score (nSPS) is 26.1. The zero-order chi connectivity index (χ0) is 9.35. The van der Waals surface area contributed by atoms with Crippen molar-refractivity contribution >= 4 is 22.8 Å². The fraction of sp³-hybridized carbons (Fsp3) is 0.714. The Labute approximate surface area is 73.5 Å². The summed E-state index contributed by atoms with van der Waals surface area (Å²) in [7, 11) is 0. The lowest BCUT2D eigenvalue weighted by Crippen LogP contribution is -2.32. The van der Waals surface area contributed by atoms with Gasteiger partial charge in [0, 0.05) is 10.6 Å². The van der Waals surface area contributed by atoms with Crippen LogP contribution in [0.25, 0.3) is 0 Å². The molecule has 1 aliphatic carbocycles. The van der Waals surface area contributed by atoms with Gasteiger partial charge in [0.1, 0.15) is 0 Å². The van der Waals surface area contributed by atoms with Gasteiger partial charge in [0.05, 0.1) is 5.92 Å². The third kappa shape index (κ3) is 2.03. The van der Waals surface area contributed by atoms with E-state index in [1.54, 1.807) is 0 Å². The van der Waals surface area contributed by atoms with Gasteiger partial charge in [-0.1, -0.05) is 12.2 Å². The quantitative estimate of drug-likeness (QED) is 0.590. The van der Waals surface area contributed by atoms with Crippen LogP contribution in [0, 0.1) is 11.3 Å². The summed E-state index contributed by atoms with van der Waals surface area (Å²) in [5, 5.41) is 7.18. The van der Waals surface area contributed by atoms with Crippen LogP contribution in [-0.4, -0.2) is 16.8 Å². The highest BCUT2D eigenvalue weighted by Gasteiger charge is 2.41. The van der Waals surface area contributed by atoms with Crippen molar-refractivity contribution in [2.45, 2.75) is 25.4 Å². The molecule has 0 aromatic rings. The molecule has 1 N–H and O–H groups in total. The zero-order valence-electron chi connectivity index (χ0n) is 6.24. The van der Waals surface area contributed by atoms with E-state index in [1.807, 2.05) is 0 Å². The molecule has 0 saturated heterocycles. The van der Waals surface area contributed by atoms with Crippen LogP contribution in [0.4, 0.5) is 13.2 Å². The van der Waals surface area contributed by atoms with Gasteiger partial charge < -0.3 is 5.41 Å². The monoisotopic (exact) mass is 195 g/mol. The maximum atomic E-state index is 12.1. The topological polar surface area (TPSA) is 23.9 Å². The molecule has 1 nitrogen and oxygen atoms in total. The van der Waals surface area contributed by atoms with Gasteiger partial charge in [-0.25, -0.2) is 0 Å². The molecule has 0 aliphatic heterocycles. The molecule has 1 rings (SSSR count). The van der Waals surface area contributed by atoms with Crippen LogP contribution in [-0.2, 0) is 0 Å². The lowest BCUT2D eigenvalue weighted by molar-refractivity contribution is -0.174. The molecule has 12 heavy (non-hydrogen) atoms. The zero-order valence-corrected chi connectivity index (χ0v) is 7.06. The molecule has 1 saturated carbocycles. The number of hydrogen-bond acceptors (Lipinski definition) is 2. The minimum atomic E-state index is -4.15. The summed E-state index contributed by atoms with van der Waals surface area (Å²) in [5.74, 6) is -1.32.